The quantitative estimate of drug-likeness (QED) is 0.793. The van der Waals surface area contributed by atoms with Crippen molar-refractivity contribution < 1.29 is 0 Å². The lowest BCUT2D eigenvalue weighted by Gasteiger charge is -2.20. The van der Waals surface area contributed by atoms with E-state index in [-0.39, 0.29) is 5.41 Å². The number of rotatable bonds is 3. The highest BCUT2D eigenvalue weighted by Crippen LogP contribution is 2.17. The molecule has 0 atom stereocenters. The van der Waals surface area contributed by atoms with Crippen LogP contribution in [-0.2, 0) is 0 Å². The molecular formula is C12H19N3S. The second kappa shape index (κ2) is 4.78. The van der Waals surface area contributed by atoms with E-state index in [1.165, 1.54) is 0 Å². The normalized spacial score (nSPS) is 11.2. The maximum absolute atomic E-state index is 5.66. The molecule has 1 aromatic rings. The molecule has 4 heteroatoms. The number of nitrogens with two attached hydrogens (primary N) is 1. The first-order valence-corrected chi connectivity index (χ1v) is 5.72. The van der Waals surface area contributed by atoms with Gasteiger partial charge in [-0.3, -0.25) is 0 Å². The molecule has 0 saturated carbocycles. The van der Waals surface area contributed by atoms with Gasteiger partial charge in [-0.15, -0.1) is 0 Å². The van der Waals surface area contributed by atoms with E-state index in [0.717, 1.165) is 23.6 Å². The third kappa shape index (κ3) is 3.77. The molecule has 0 bridgehead atoms. The number of aromatic nitrogens is 1. The van der Waals surface area contributed by atoms with Gasteiger partial charge in [0.25, 0.3) is 0 Å². The lowest BCUT2D eigenvalue weighted by molar-refractivity contribution is 0.442. The van der Waals surface area contributed by atoms with Crippen LogP contribution in [0.5, 0.6) is 0 Å². The van der Waals surface area contributed by atoms with Crippen molar-refractivity contribution in [3.05, 3.63) is 23.4 Å². The number of aryl methyl sites for hydroxylation is 1. The SMILES string of the molecule is Cc1ccc(C(N)=S)c(NCC(C)(C)C)n1. The molecule has 0 aliphatic heterocycles. The number of hydrogen-bond acceptors (Lipinski definition) is 3. The molecule has 0 fully saturated rings. The molecule has 3 N–H and O–H groups in total. The van der Waals surface area contributed by atoms with Gasteiger partial charge in [-0.25, -0.2) is 4.98 Å². The number of anilines is 1. The van der Waals surface area contributed by atoms with Crippen molar-refractivity contribution in [2.75, 3.05) is 11.9 Å². The Bertz CT molecular complexity index is 394. The zero-order valence-corrected chi connectivity index (χ0v) is 11.1. The lowest BCUT2D eigenvalue weighted by atomic mass is 9.97. The van der Waals surface area contributed by atoms with E-state index >= 15 is 0 Å². The first-order valence-electron chi connectivity index (χ1n) is 5.31. The van der Waals surface area contributed by atoms with Gasteiger partial charge in [-0.2, -0.15) is 0 Å². The molecule has 0 aliphatic rings. The number of thiocarbonyl (C=S) groups is 1. The van der Waals surface area contributed by atoms with E-state index < -0.39 is 0 Å². The highest BCUT2D eigenvalue weighted by atomic mass is 32.1. The predicted molar refractivity (Wildman–Crippen MR) is 72.8 cm³/mol. The van der Waals surface area contributed by atoms with E-state index in [2.05, 4.69) is 31.1 Å². The zero-order valence-electron chi connectivity index (χ0n) is 10.3. The maximum atomic E-state index is 5.66. The van der Waals surface area contributed by atoms with Crippen LogP contribution in [0.3, 0.4) is 0 Å². The Labute approximate surface area is 102 Å². The van der Waals surface area contributed by atoms with Crippen LogP contribution in [0.25, 0.3) is 0 Å². The predicted octanol–water partition coefficient (Wildman–Crippen LogP) is 2.48. The van der Waals surface area contributed by atoms with Crippen molar-refractivity contribution in [3.63, 3.8) is 0 Å². The van der Waals surface area contributed by atoms with E-state index in [4.69, 9.17) is 18.0 Å². The Balaban J connectivity index is 2.93. The minimum absolute atomic E-state index is 0.193. The van der Waals surface area contributed by atoms with Crippen molar-refractivity contribution >= 4 is 23.0 Å². The molecule has 0 amide bonds. The fourth-order valence-electron chi connectivity index (χ4n) is 1.24. The van der Waals surface area contributed by atoms with Gasteiger partial charge in [0, 0.05) is 12.2 Å². The van der Waals surface area contributed by atoms with Crippen LogP contribution in [0.15, 0.2) is 12.1 Å². The molecule has 0 aliphatic carbocycles. The van der Waals surface area contributed by atoms with E-state index in [0.29, 0.717) is 4.99 Å². The molecule has 0 aromatic carbocycles. The fourth-order valence-corrected chi connectivity index (χ4v) is 1.40. The standard InChI is InChI=1S/C12H19N3S/c1-8-5-6-9(10(13)16)11(15-8)14-7-12(2,3)4/h5-6H,7H2,1-4H3,(H2,13,16)(H,14,15). The second-order valence-electron chi connectivity index (χ2n) is 5.13. The highest BCUT2D eigenvalue weighted by molar-refractivity contribution is 7.80. The summed E-state index contributed by atoms with van der Waals surface area (Å²) in [6.45, 7) is 9.27. The summed E-state index contributed by atoms with van der Waals surface area (Å²) in [5.41, 5.74) is 7.61. The van der Waals surface area contributed by atoms with Crippen LogP contribution in [0, 0.1) is 12.3 Å². The second-order valence-corrected chi connectivity index (χ2v) is 5.57. The number of pyridine rings is 1. The van der Waals surface area contributed by atoms with Gasteiger partial charge in [0.1, 0.15) is 10.8 Å². The van der Waals surface area contributed by atoms with Crippen molar-refractivity contribution in [2.24, 2.45) is 11.1 Å². The van der Waals surface area contributed by atoms with Crippen LogP contribution >= 0.6 is 12.2 Å². The summed E-state index contributed by atoms with van der Waals surface area (Å²) in [4.78, 5) is 4.80. The highest BCUT2D eigenvalue weighted by Gasteiger charge is 2.12. The van der Waals surface area contributed by atoms with Gasteiger partial charge in [-0.05, 0) is 24.5 Å². The third-order valence-corrected chi connectivity index (χ3v) is 2.31. The van der Waals surface area contributed by atoms with E-state index in [1.807, 2.05) is 19.1 Å². The average molecular weight is 237 g/mol. The van der Waals surface area contributed by atoms with Gasteiger partial charge in [0.2, 0.25) is 0 Å². The molecule has 0 radical (unpaired) electrons. The molecule has 0 unspecified atom stereocenters. The van der Waals surface area contributed by atoms with Gasteiger partial charge in [0.15, 0.2) is 0 Å². The topological polar surface area (TPSA) is 50.9 Å². The summed E-state index contributed by atoms with van der Waals surface area (Å²) >= 11 is 5.00. The summed E-state index contributed by atoms with van der Waals surface area (Å²) in [5.74, 6) is 0.780. The summed E-state index contributed by atoms with van der Waals surface area (Å²) < 4.78 is 0. The molecule has 3 nitrogen and oxygen atoms in total. The monoisotopic (exact) mass is 237 g/mol. The van der Waals surface area contributed by atoms with Gasteiger partial charge in [0.05, 0.1) is 5.56 Å². The largest absolute Gasteiger partial charge is 0.389 e. The Hall–Kier alpha value is -1.16. The van der Waals surface area contributed by atoms with Crippen molar-refractivity contribution in [1.29, 1.82) is 0 Å². The summed E-state index contributed by atoms with van der Waals surface area (Å²) in [5, 5.41) is 3.30. The van der Waals surface area contributed by atoms with Gasteiger partial charge >= 0.3 is 0 Å². The van der Waals surface area contributed by atoms with Crippen LogP contribution in [-0.4, -0.2) is 16.5 Å². The number of nitrogens with one attached hydrogen (secondary N) is 1. The molecule has 1 heterocycles. The molecular weight excluding hydrogens is 218 g/mol. The summed E-state index contributed by atoms with van der Waals surface area (Å²) in [6, 6.07) is 3.83. The third-order valence-electron chi connectivity index (χ3n) is 2.09. The van der Waals surface area contributed by atoms with Crippen LogP contribution in [0.4, 0.5) is 5.82 Å². The molecule has 16 heavy (non-hydrogen) atoms. The maximum Gasteiger partial charge on any atom is 0.136 e. The number of hydrogen-bond donors (Lipinski definition) is 2. The zero-order chi connectivity index (χ0) is 12.3. The first kappa shape index (κ1) is 12.9. The Kier molecular flexibility index (Phi) is 3.86. The minimum Gasteiger partial charge on any atom is -0.389 e. The van der Waals surface area contributed by atoms with Crippen LogP contribution in [0.2, 0.25) is 0 Å². The van der Waals surface area contributed by atoms with Gasteiger partial charge in [-0.1, -0.05) is 33.0 Å². The number of nitrogens with zero attached hydrogens (tertiary/aromatic N) is 1. The molecule has 1 aromatic heterocycles. The minimum atomic E-state index is 0.193. The summed E-state index contributed by atoms with van der Waals surface area (Å²) in [6.07, 6.45) is 0. The van der Waals surface area contributed by atoms with Crippen LogP contribution in [0.1, 0.15) is 32.0 Å². The molecule has 0 saturated heterocycles. The van der Waals surface area contributed by atoms with Crippen LogP contribution < -0.4 is 11.1 Å². The summed E-state index contributed by atoms with van der Waals surface area (Å²) in [7, 11) is 0. The Morgan fingerprint density at radius 3 is 2.56 bits per heavy atom. The molecule has 1 rings (SSSR count). The Morgan fingerprint density at radius 2 is 2.06 bits per heavy atom. The Morgan fingerprint density at radius 1 is 1.44 bits per heavy atom. The van der Waals surface area contributed by atoms with Crippen molar-refractivity contribution in [1.82, 2.24) is 4.98 Å². The first-order chi connectivity index (χ1) is 7.29. The average Bonchev–Trinajstić information content (AvgIpc) is 2.13. The molecule has 88 valence electrons. The fraction of sp³-hybridized carbons (Fsp3) is 0.500. The van der Waals surface area contributed by atoms with Crippen molar-refractivity contribution in [2.45, 2.75) is 27.7 Å². The lowest BCUT2D eigenvalue weighted by Crippen LogP contribution is -2.22. The van der Waals surface area contributed by atoms with E-state index in [9.17, 15) is 0 Å². The van der Waals surface area contributed by atoms with Gasteiger partial charge < -0.3 is 11.1 Å². The smallest absolute Gasteiger partial charge is 0.136 e. The molecule has 0 spiro atoms. The van der Waals surface area contributed by atoms with Crippen molar-refractivity contribution in [3.8, 4) is 0 Å². The van der Waals surface area contributed by atoms with E-state index in [1.54, 1.807) is 0 Å².